The van der Waals surface area contributed by atoms with Crippen molar-refractivity contribution in [2.75, 3.05) is 18.1 Å². The van der Waals surface area contributed by atoms with Gasteiger partial charge in [-0.25, -0.2) is 19.7 Å². The van der Waals surface area contributed by atoms with E-state index in [2.05, 4.69) is 50.3 Å². The fraction of sp³-hybridized carbons (Fsp3) is 0.273. The average Bonchev–Trinajstić information content (AvgIpc) is 3.48. The SMILES string of the molecule is CC(=O)O.Cn1c(C(C)(C)C)nc2ccc(C=O)cc21.O.[C-]#[N+]c1ccc(N)c(NC)c1.[C-]#[N+]c1ccc2nc(C)n(C)c2c1. The molecular weight excluding hydrogens is 572 g/mol. The van der Waals surface area contributed by atoms with Gasteiger partial charge in [0.1, 0.15) is 17.9 Å². The van der Waals surface area contributed by atoms with Gasteiger partial charge in [0.05, 0.1) is 40.9 Å². The van der Waals surface area contributed by atoms with E-state index in [1.165, 1.54) is 0 Å². The smallest absolute Gasteiger partial charge is 0.300 e. The van der Waals surface area contributed by atoms with Gasteiger partial charge in [-0.1, -0.05) is 32.9 Å². The van der Waals surface area contributed by atoms with Crippen molar-refractivity contribution >= 4 is 57.1 Å². The van der Waals surface area contributed by atoms with E-state index in [0.29, 0.717) is 22.6 Å². The zero-order chi connectivity index (χ0) is 33.2. The molecule has 0 bridgehead atoms. The van der Waals surface area contributed by atoms with Crippen LogP contribution < -0.4 is 11.1 Å². The molecule has 45 heavy (non-hydrogen) atoms. The molecule has 5 aromatic rings. The lowest BCUT2D eigenvalue weighted by atomic mass is 9.96. The lowest BCUT2D eigenvalue weighted by Gasteiger charge is -2.17. The lowest BCUT2D eigenvalue weighted by Crippen LogP contribution is -2.17. The number of aldehydes is 1. The second-order valence-electron chi connectivity index (χ2n) is 10.8. The highest BCUT2D eigenvalue weighted by molar-refractivity contribution is 5.85. The third-order valence-electron chi connectivity index (χ3n) is 6.36. The summed E-state index contributed by atoms with van der Waals surface area (Å²) in [6.07, 6.45) is 0.864. The fourth-order valence-corrected chi connectivity index (χ4v) is 4.15. The van der Waals surface area contributed by atoms with E-state index in [1.807, 2.05) is 49.9 Å². The Morgan fingerprint density at radius 1 is 0.933 bits per heavy atom. The number of nitrogens with zero attached hydrogens (tertiary/aromatic N) is 6. The summed E-state index contributed by atoms with van der Waals surface area (Å²) in [5, 5.41) is 10.3. The predicted octanol–water partition coefficient (Wildman–Crippen LogP) is 6.24. The molecule has 0 radical (unpaired) electrons. The molecule has 0 aliphatic heterocycles. The molecule has 0 atom stereocenters. The first-order chi connectivity index (χ1) is 20.7. The van der Waals surface area contributed by atoms with Crippen LogP contribution in [0.1, 0.15) is 49.7 Å². The minimum Gasteiger partial charge on any atom is -0.481 e. The Morgan fingerprint density at radius 2 is 1.44 bits per heavy atom. The van der Waals surface area contributed by atoms with E-state index in [-0.39, 0.29) is 10.9 Å². The normalized spacial score (nSPS) is 9.91. The molecule has 0 aliphatic carbocycles. The number of nitrogens with two attached hydrogens (primary N) is 1. The Hall–Kier alpha value is -5.72. The number of carbonyl (C=O) groups is 2. The Labute approximate surface area is 263 Å². The molecule has 236 valence electrons. The van der Waals surface area contributed by atoms with Crippen LogP contribution in [0, 0.1) is 20.1 Å². The Balaban J connectivity index is 0.000000320. The van der Waals surface area contributed by atoms with Gasteiger partial charge in [-0.2, -0.15) is 0 Å². The largest absolute Gasteiger partial charge is 0.481 e. The van der Waals surface area contributed by atoms with Crippen molar-refractivity contribution in [2.24, 2.45) is 14.1 Å². The maximum Gasteiger partial charge on any atom is 0.300 e. The molecule has 6 N–H and O–H groups in total. The summed E-state index contributed by atoms with van der Waals surface area (Å²) >= 11 is 0. The van der Waals surface area contributed by atoms with Crippen LogP contribution in [0.5, 0.6) is 0 Å². The topological polar surface area (TPSA) is 168 Å². The van der Waals surface area contributed by atoms with Gasteiger partial charge in [0.25, 0.3) is 5.97 Å². The summed E-state index contributed by atoms with van der Waals surface area (Å²) in [5.41, 5.74) is 12.9. The van der Waals surface area contributed by atoms with Crippen molar-refractivity contribution in [1.29, 1.82) is 0 Å². The number of aromatic nitrogens is 4. The van der Waals surface area contributed by atoms with Gasteiger partial charge in [0, 0.05) is 44.7 Å². The van der Waals surface area contributed by atoms with Crippen molar-refractivity contribution in [3.8, 4) is 0 Å². The molecule has 12 nitrogen and oxygen atoms in total. The number of fused-ring (bicyclic) bond motifs is 2. The van der Waals surface area contributed by atoms with Crippen molar-refractivity contribution in [3.63, 3.8) is 0 Å². The molecule has 3 aromatic carbocycles. The van der Waals surface area contributed by atoms with Crippen LogP contribution in [0.15, 0.2) is 54.6 Å². The number of nitrogens with one attached hydrogen (secondary N) is 1. The van der Waals surface area contributed by atoms with Crippen LogP contribution in [0.25, 0.3) is 31.8 Å². The summed E-state index contributed by atoms with van der Waals surface area (Å²) < 4.78 is 4.05. The van der Waals surface area contributed by atoms with E-state index < -0.39 is 5.97 Å². The quantitative estimate of drug-likeness (QED) is 0.120. The molecule has 2 heterocycles. The number of carbonyl (C=O) groups excluding carboxylic acids is 1. The molecule has 0 unspecified atom stereocenters. The Morgan fingerprint density at radius 3 is 1.98 bits per heavy atom. The number of hydrogen-bond donors (Lipinski definition) is 3. The van der Waals surface area contributed by atoms with Gasteiger partial charge in [-0.3, -0.25) is 9.59 Å². The maximum absolute atomic E-state index is 10.7. The average molecular weight is 613 g/mol. The summed E-state index contributed by atoms with van der Waals surface area (Å²) in [4.78, 5) is 35.3. The number of nitrogen functional groups attached to an aromatic ring is 1. The first-order valence-electron chi connectivity index (χ1n) is 13.5. The van der Waals surface area contributed by atoms with Gasteiger partial charge >= 0.3 is 0 Å². The molecule has 2 aromatic heterocycles. The summed E-state index contributed by atoms with van der Waals surface area (Å²) in [6.45, 7) is 23.1. The molecule has 0 saturated heterocycles. The van der Waals surface area contributed by atoms with E-state index in [9.17, 15) is 4.79 Å². The van der Waals surface area contributed by atoms with Crippen LogP contribution >= 0.6 is 0 Å². The summed E-state index contributed by atoms with van der Waals surface area (Å²) in [6, 6.07) is 16.3. The molecule has 0 spiro atoms. The van der Waals surface area contributed by atoms with Gasteiger partial charge in [0.2, 0.25) is 0 Å². The third kappa shape index (κ3) is 9.92. The number of carboxylic acids is 1. The number of anilines is 2. The highest BCUT2D eigenvalue weighted by atomic mass is 16.4. The second-order valence-corrected chi connectivity index (χ2v) is 10.8. The minimum atomic E-state index is -0.833. The maximum atomic E-state index is 10.7. The van der Waals surface area contributed by atoms with E-state index in [4.69, 9.17) is 28.8 Å². The molecule has 0 amide bonds. The van der Waals surface area contributed by atoms with E-state index in [0.717, 1.165) is 52.6 Å². The number of imidazole rings is 2. The standard InChI is InChI=1S/C13H16N2O.C10H9N3.C8H9N3.C2H4O2.H2O/c1-13(2,3)12-14-10-6-5-9(8-16)7-11(10)15(12)4;1-7-12-9-5-4-8(11-2)6-10(9)13(7)3;1-10-6-3-4-7(9)8(5-6)11-2;1-2(3)4;/h5-8H,1-4H3;4-6H,1,3H3;3-5,11H,9H2,2H3;1H3,(H,3,4);1H2. The molecule has 0 saturated carbocycles. The lowest BCUT2D eigenvalue weighted by molar-refractivity contribution is -0.134. The Kier molecular flexibility index (Phi) is 13.4. The van der Waals surface area contributed by atoms with Crippen LogP contribution in [0.3, 0.4) is 0 Å². The highest BCUT2D eigenvalue weighted by Crippen LogP contribution is 2.26. The van der Waals surface area contributed by atoms with Crippen molar-refractivity contribution in [3.05, 3.63) is 94.6 Å². The summed E-state index contributed by atoms with van der Waals surface area (Å²) in [5.74, 6) is 1.17. The van der Waals surface area contributed by atoms with Gasteiger partial charge in [0.15, 0.2) is 11.4 Å². The van der Waals surface area contributed by atoms with Crippen LogP contribution in [0.2, 0.25) is 0 Å². The predicted molar refractivity (Wildman–Crippen MR) is 180 cm³/mol. The zero-order valence-electron chi connectivity index (χ0n) is 26.8. The molecule has 5 rings (SSSR count). The highest BCUT2D eigenvalue weighted by Gasteiger charge is 2.21. The first-order valence-corrected chi connectivity index (χ1v) is 13.5. The van der Waals surface area contributed by atoms with E-state index in [1.54, 1.807) is 37.4 Å². The van der Waals surface area contributed by atoms with Gasteiger partial charge < -0.3 is 30.8 Å². The summed E-state index contributed by atoms with van der Waals surface area (Å²) in [7, 11) is 5.72. The second kappa shape index (κ2) is 16.2. The number of benzene rings is 3. The number of rotatable bonds is 2. The Bertz CT molecular complexity index is 1860. The molecule has 12 heteroatoms. The molecular formula is C33H40N8O4. The van der Waals surface area contributed by atoms with Crippen LogP contribution in [-0.4, -0.2) is 49.0 Å². The molecule has 0 aliphatic rings. The molecule has 0 fully saturated rings. The number of hydrogen-bond acceptors (Lipinski definition) is 6. The fourth-order valence-electron chi connectivity index (χ4n) is 4.15. The van der Waals surface area contributed by atoms with Gasteiger partial charge in [-0.05, 0) is 49.4 Å². The van der Waals surface area contributed by atoms with E-state index >= 15 is 0 Å². The van der Waals surface area contributed by atoms with Crippen molar-refractivity contribution in [1.82, 2.24) is 19.1 Å². The minimum absolute atomic E-state index is 0. The number of aryl methyl sites for hydroxylation is 3. The van der Waals surface area contributed by atoms with Crippen LogP contribution in [-0.2, 0) is 24.3 Å². The van der Waals surface area contributed by atoms with Crippen molar-refractivity contribution < 1.29 is 20.2 Å². The number of aliphatic carboxylic acids is 1. The zero-order valence-corrected chi connectivity index (χ0v) is 26.8. The third-order valence-corrected chi connectivity index (χ3v) is 6.36. The first kappa shape index (κ1) is 37.3. The van der Waals surface area contributed by atoms with Crippen LogP contribution in [0.4, 0.5) is 22.7 Å². The van der Waals surface area contributed by atoms with Crippen molar-refractivity contribution in [2.45, 2.75) is 40.0 Å². The van der Waals surface area contributed by atoms with Gasteiger partial charge in [-0.15, -0.1) is 0 Å². The monoisotopic (exact) mass is 612 g/mol. The number of carboxylic acid groups (broad SMARTS) is 1.